The Morgan fingerprint density at radius 3 is 2.83 bits per heavy atom. The minimum atomic E-state index is 0.436. The molecule has 2 rings (SSSR count). The van der Waals surface area contributed by atoms with E-state index >= 15 is 0 Å². The quantitative estimate of drug-likeness (QED) is 0.631. The molecule has 1 unspecified atom stereocenters. The molecule has 0 saturated heterocycles. The van der Waals surface area contributed by atoms with Crippen LogP contribution in [0.15, 0.2) is 22.7 Å². The van der Waals surface area contributed by atoms with Gasteiger partial charge in [0.1, 0.15) is 0 Å². The van der Waals surface area contributed by atoms with Gasteiger partial charge in [0.05, 0.1) is 0 Å². The van der Waals surface area contributed by atoms with Crippen LogP contribution < -0.4 is 0 Å². The summed E-state index contributed by atoms with van der Waals surface area (Å²) in [5, 5.41) is 0. The zero-order valence-corrected chi connectivity index (χ0v) is 13.5. The molecule has 0 amide bonds. The third-order valence-electron chi connectivity index (χ3n) is 4.54. The first kappa shape index (κ1) is 14.1. The van der Waals surface area contributed by atoms with Crippen molar-refractivity contribution in [3.8, 4) is 0 Å². The molecule has 0 spiro atoms. The zero-order valence-electron chi connectivity index (χ0n) is 11.9. The Kier molecular flexibility index (Phi) is 4.53. The Morgan fingerprint density at radius 1 is 1.33 bits per heavy atom. The molecular formula is C17H25Br. The van der Waals surface area contributed by atoms with Crippen molar-refractivity contribution >= 4 is 15.9 Å². The second-order valence-electron chi connectivity index (χ2n) is 6.38. The topological polar surface area (TPSA) is 0 Å². The molecular weight excluding hydrogens is 284 g/mol. The van der Waals surface area contributed by atoms with E-state index in [0.717, 1.165) is 5.92 Å². The van der Waals surface area contributed by atoms with Gasteiger partial charge in [-0.1, -0.05) is 55.6 Å². The van der Waals surface area contributed by atoms with Gasteiger partial charge in [0.15, 0.2) is 0 Å². The van der Waals surface area contributed by atoms with Gasteiger partial charge in [0.2, 0.25) is 0 Å². The van der Waals surface area contributed by atoms with Crippen molar-refractivity contribution in [2.75, 3.05) is 0 Å². The highest BCUT2D eigenvalue weighted by molar-refractivity contribution is 9.10. The molecule has 1 aromatic rings. The summed E-state index contributed by atoms with van der Waals surface area (Å²) in [7, 11) is 0. The largest absolute Gasteiger partial charge is 0.0654 e. The summed E-state index contributed by atoms with van der Waals surface area (Å²) in [6, 6.07) is 6.88. The molecule has 1 heteroatoms. The third-order valence-corrected chi connectivity index (χ3v) is 5.03. The Morgan fingerprint density at radius 2 is 2.11 bits per heavy atom. The minimum Gasteiger partial charge on any atom is -0.0654 e. The van der Waals surface area contributed by atoms with Crippen LogP contribution in [0.25, 0.3) is 0 Å². The fourth-order valence-electron chi connectivity index (χ4n) is 3.39. The van der Waals surface area contributed by atoms with Gasteiger partial charge in [-0.15, -0.1) is 0 Å². The molecule has 0 radical (unpaired) electrons. The van der Waals surface area contributed by atoms with Crippen LogP contribution in [-0.2, 0) is 6.42 Å². The lowest BCUT2D eigenvalue weighted by molar-refractivity contribution is 0.232. The first-order chi connectivity index (χ1) is 8.54. The van der Waals surface area contributed by atoms with Gasteiger partial charge in [0.25, 0.3) is 0 Å². The number of hydrogen-bond donors (Lipinski definition) is 0. The Hall–Kier alpha value is -0.300. The third kappa shape index (κ3) is 2.99. The molecule has 1 atom stereocenters. The second-order valence-corrected chi connectivity index (χ2v) is 7.30. The SMILES string of the molecule is CCCCC(C)(C)C1CCCc2ccc(Br)cc21. The van der Waals surface area contributed by atoms with Gasteiger partial charge in [-0.25, -0.2) is 0 Å². The molecule has 0 aromatic heterocycles. The number of hydrogen-bond acceptors (Lipinski definition) is 0. The maximum atomic E-state index is 3.64. The van der Waals surface area contributed by atoms with E-state index in [1.54, 1.807) is 11.1 Å². The maximum Gasteiger partial charge on any atom is 0.0178 e. The van der Waals surface area contributed by atoms with Crippen LogP contribution in [0.2, 0.25) is 0 Å². The Labute approximate surface area is 120 Å². The smallest absolute Gasteiger partial charge is 0.0178 e. The molecule has 0 saturated carbocycles. The Balaban J connectivity index is 2.28. The predicted octanol–water partition coefficient (Wildman–Crippen LogP) is 6.09. The number of benzene rings is 1. The molecule has 1 aliphatic carbocycles. The lowest BCUT2D eigenvalue weighted by Gasteiger charge is -2.39. The summed E-state index contributed by atoms with van der Waals surface area (Å²) in [5.74, 6) is 0.741. The van der Waals surface area contributed by atoms with Crippen molar-refractivity contribution in [1.29, 1.82) is 0 Å². The fraction of sp³-hybridized carbons (Fsp3) is 0.647. The molecule has 0 nitrogen and oxygen atoms in total. The van der Waals surface area contributed by atoms with Crippen molar-refractivity contribution < 1.29 is 0 Å². The van der Waals surface area contributed by atoms with Gasteiger partial charge < -0.3 is 0 Å². The summed E-state index contributed by atoms with van der Waals surface area (Å²) in [5.41, 5.74) is 3.63. The van der Waals surface area contributed by atoms with Gasteiger partial charge in [-0.2, -0.15) is 0 Å². The summed E-state index contributed by atoms with van der Waals surface area (Å²) in [6.45, 7) is 7.22. The van der Waals surface area contributed by atoms with Crippen LogP contribution in [0.4, 0.5) is 0 Å². The fourth-order valence-corrected chi connectivity index (χ4v) is 3.77. The van der Waals surface area contributed by atoms with Crippen LogP contribution in [0.5, 0.6) is 0 Å². The second kappa shape index (κ2) is 5.77. The van der Waals surface area contributed by atoms with Crippen molar-refractivity contribution in [3.63, 3.8) is 0 Å². The molecule has 0 N–H and O–H groups in total. The van der Waals surface area contributed by atoms with Crippen LogP contribution in [0.1, 0.15) is 69.9 Å². The van der Waals surface area contributed by atoms with E-state index in [-0.39, 0.29) is 0 Å². The highest BCUT2D eigenvalue weighted by Crippen LogP contribution is 2.47. The molecule has 18 heavy (non-hydrogen) atoms. The molecule has 1 aromatic carbocycles. The van der Waals surface area contributed by atoms with E-state index < -0.39 is 0 Å². The van der Waals surface area contributed by atoms with E-state index in [2.05, 4.69) is 54.9 Å². The zero-order chi connectivity index (χ0) is 13.2. The van der Waals surface area contributed by atoms with Gasteiger partial charge in [0, 0.05) is 4.47 Å². The van der Waals surface area contributed by atoms with Crippen molar-refractivity contribution in [3.05, 3.63) is 33.8 Å². The lowest BCUT2D eigenvalue weighted by Crippen LogP contribution is -2.26. The first-order valence-electron chi connectivity index (χ1n) is 7.33. The molecule has 0 aliphatic heterocycles. The van der Waals surface area contributed by atoms with Gasteiger partial charge >= 0.3 is 0 Å². The minimum absolute atomic E-state index is 0.436. The average Bonchev–Trinajstić information content (AvgIpc) is 2.35. The molecule has 0 bridgehead atoms. The number of unbranched alkanes of at least 4 members (excludes halogenated alkanes) is 1. The van der Waals surface area contributed by atoms with E-state index in [9.17, 15) is 0 Å². The van der Waals surface area contributed by atoms with Crippen molar-refractivity contribution in [2.45, 2.75) is 65.2 Å². The van der Waals surface area contributed by atoms with Crippen LogP contribution >= 0.6 is 15.9 Å². The molecule has 100 valence electrons. The van der Waals surface area contributed by atoms with E-state index in [4.69, 9.17) is 0 Å². The van der Waals surface area contributed by atoms with Gasteiger partial charge in [-0.3, -0.25) is 0 Å². The number of aryl methyl sites for hydroxylation is 1. The van der Waals surface area contributed by atoms with Crippen LogP contribution in [0.3, 0.4) is 0 Å². The Bertz CT molecular complexity index is 406. The van der Waals surface area contributed by atoms with Crippen LogP contribution in [-0.4, -0.2) is 0 Å². The van der Waals surface area contributed by atoms with Crippen molar-refractivity contribution in [1.82, 2.24) is 0 Å². The summed E-state index contributed by atoms with van der Waals surface area (Å²) < 4.78 is 1.24. The highest BCUT2D eigenvalue weighted by Gasteiger charge is 2.33. The number of rotatable bonds is 4. The number of halogens is 1. The monoisotopic (exact) mass is 308 g/mol. The van der Waals surface area contributed by atoms with Crippen LogP contribution in [0, 0.1) is 5.41 Å². The summed E-state index contributed by atoms with van der Waals surface area (Å²) >= 11 is 3.64. The molecule has 1 aliphatic rings. The van der Waals surface area contributed by atoms with E-state index in [1.807, 2.05) is 0 Å². The normalized spacial score (nSPS) is 19.7. The van der Waals surface area contributed by atoms with Gasteiger partial charge in [-0.05, 0) is 60.3 Å². The maximum absolute atomic E-state index is 3.64. The summed E-state index contributed by atoms with van der Waals surface area (Å²) in [4.78, 5) is 0. The van der Waals surface area contributed by atoms with E-state index in [1.165, 1.54) is 43.0 Å². The highest BCUT2D eigenvalue weighted by atomic mass is 79.9. The first-order valence-corrected chi connectivity index (χ1v) is 8.12. The van der Waals surface area contributed by atoms with E-state index in [0.29, 0.717) is 5.41 Å². The average molecular weight is 309 g/mol. The molecule has 0 heterocycles. The predicted molar refractivity (Wildman–Crippen MR) is 83.1 cm³/mol. The standard InChI is InChI=1S/C17H25Br/c1-4-5-11-17(2,3)16-8-6-7-13-9-10-14(18)12-15(13)16/h9-10,12,16H,4-8,11H2,1-3H3. The lowest BCUT2D eigenvalue weighted by atomic mass is 9.66. The summed E-state index contributed by atoms with van der Waals surface area (Å²) in [6.07, 6.45) is 7.99. The van der Waals surface area contributed by atoms with Crippen molar-refractivity contribution in [2.24, 2.45) is 5.41 Å². The molecule has 0 fully saturated rings. The number of fused-ring (bicyclic) bond motifs is 1.